The van der Waals surface area contributed by atoms with E-state index in [0.717, 1.165) is 17.7 Å². The molecule has 0 spiro atoms. The van der Waals surface area contributed by atoms with E-state index >= 15 is 0 Å². The molecule has 1 radical (unpaired) electrons. The lowest BCUT2D eigenvalue weighted by molar-refractivity contribution is 0.251. The number of amides is 2. The van der Waals surface area contributed by atoms with Crippen molar-refractivity contribution in [3.63, 3.8) is 0 Å². The van der Waals surface area contributed by atoms with Gasteiger partial charge < -0.3 is 0 Å². The summed E-state index contributed by atoms with van der Waals surface area (Å²) in [6.45, 7) is 5.00. The van der Waals surface area contributed by atoms with E-state index in [0.29, 0.717) is 13.1 Å². The average molecular weight is 201 g/mol. The first kappa shape index (κ1) is 9.77. The third-order valence-corrected chi connectivity index (χ3v) is 2.45. The van der Waals surface area contributed by atoms with Crippen LogP contribution in [0.2, 0.25) is 0 Å². The number of nitrogens with zero attached hydrogens (tertiary/aromatic N) is 2. The zero-order valence-electron chi connectivity index (χ0n) is 8.52. The Labute approximate surface area is 89.4 Å². The number of hydrogen-bond acceptors (Lipinski definition) is 1. The van der Waals surface area contributed by atoms with Crippen LogP contribution in [0.4, 0.5) is 10.5 Å². The van der Waals surface area contributed by atoms with E-state index in [9.17, 15) is 4.79 Å². The lowest BCUT2D eigenvalue weighted by Gasteiger charge is -2.17. The molecule has 2 rings (SSSR count). The van der Waals surface area contributed by atoms with Gasteiger partial charge in [-0.2, -0.15) is 0 Å². The lowest BCUT2D eigenvalue weighted by atomic mass is 10.1. The van der Waals surface area contributed by atoms with Crippen molar-refractivity contribution in [3.05, 3.63) is 42.5 Å². The Bertz CT molecular complexity index is 387. The quantitative estimate of drug-likeness (QED) is 0.688. The maximum absolute atomic E-state index is 11.5. The van der Waals surface area contributed by atoms with Crippen LogP contribution in [0.1, 0.15) is 5.56 Å². The van der Waals surface area contributed by atoms with Crippen molar-refractivity contribution in [2.24, 2.45) is 0 Å². The summed E-state index contributed by atoms with van der Waals surface area (Å²) in [6.07, 6.45) is 2.62. The molecule has 3 heteroatoms. The SMILES string of the molecule is C=CCc1ccccc1N1CC[N]C1=O. The summed E-state index contributed by atoms with van der Waals surface area (Å²) in [5, 5.41) is 3.86. The number of rotatable bonds is 3. The third-order valence-electron chi connectivity index (χ3n) is 2.45. The molecular formula is C12H13N2O. The van der Waals surface area contributed by atoms with E-state index in [1.165, 1.54) is 0 Å². The number of urea groups is 1. The van der Waals surface area contributed by atoms with Crippen LogP contribution in [0.3, 0.4) is 0 Å². The van der Waals surface area contributed by atoms with Gasteiger partial charge in [-0.3, -0.25) is 4.90 Å². The Kier molecular flexibility index (Phi) is 2.72. The highest BCUT2D eigenvalue weighted by molar-refractivity contribution is 5.94. The predicted octanol–water partition coefficient (Wildman–Crippen LogP) is 1.96. The monoisotopic (exact) mass is 201 g/mol. The van der Waals surface area contributed by atoms with Crippen LogP contribution in [0.25, 0.3) is 0 Å². The highest BCUT2D eigenvalue weighted by atomic mass is 16.2. The molecule has 1 aliphatic rings. The van der Waals surface area contributed by atoms with Crippen LogP contribution >= 0.6 is 0 Å². The summed E-state index contributed by atoms with van der Waals surface area (Å²) in [6, 6.07) is 7.75. The van der Waals surface area contributed by atoms with E-state index in [4.69, 9.17) is 0 Å². The molecule has 77 valence electrons. The Balaban J connectivity index is 2.33. The van der Waals surface area contributed by atoms with Crippen molar-refractivity contribution in [1.29, 1.82) is 0 Å². The van der Waals surface area contributed by atoms with Crippen LogP contribution in [-0.4, -0.2) is 19.1 Å². The number of carbonyl (C=O) groups excluding carboxylic acids is 1. The van der Waals surface area contributed by atoms with Gasteiger partial charge in [-0.1, -0.05) is 24.3 Å². The average Bonchev–Trinajstić information content (AvgIpc) is 2.66. The smallest absolute Gasteiger partial charge is 0.291 e. The summed E-state index contributed by atoms with van der Waals surface area (Å²) < 4.78 is 0. The number of para-hydroxylation sites is 1. The van der Waals surface area contributed by atoms with Gasteiger partial charge in [-0.25, -0.2) is 10.1 Å². The van der Waals surface area contributed by atoms with Crippen LogP contribution in [0.15, 0.2) is 36.9 Å². The number of anilines is 1. The first-order valence-corrected chi connectivity index (χ1v) is 5.00. The molecule has 0 saturated carbocycles. The van der Waals surface area contributed by atoms with Crippen LogP contribution in [0, 0.1) is 0 Å². The highest BCUT2D eigenvalue weighted by Crippen LogP contribution is 2.22. The topological polar surface area (TPSA) is 34.4 Å². The van der Waals surface area contributed by atoms with Gasteiger partial charge in [0.1, 0.15) is 0 Å². The molecule has 0 N–H and O–H groups in total. The summed E-state index contributed by atoms with van der Waals surface area (Å²) >= 11 is 0. The van der Waals surface area contributed by atoms with Gasteiger partial charge in [-0.15, -0.1) is 6.58 Å². The fourth-order valence-electron chi connectivity index (χ4n) is 1.75. The standard InChI is InChI=1S/C12H13N2O/c1-2-5-10-6-3-4-7-11(10)14-9-8-13-12(14)15/h2-4,6-7H,1,5,8-9H2. The lowest BCUT2D eigenvalue weighted by Crippen LogP contribution is -2.26. The van der Waals surface area contributed by atoms with Gasteiger partial charge >= 0.3 is 6.03 Å². The number of carbonyl (C=O) groups is 1. The van der Waals surface area contributed by atoms with Crippen LogP contribution in [-0.2, 0) is 6.42 Å². The molecule has 1 fully saturated rings. The molecule has 15 heavy (non-hydrogen) atoms. The Hall–Kier alpha value is -1.77. The minimum absolute atomic E-state index is 0.133. The Morgan fingerprint density at radius 2 is 2.27 bits per heavy atom. The van der Waals surface area contributed by atoms with Gasteiger partial charge in [0.15, 0.2) is 0 Å². The second kappa shape index (κ2) is 4.17. The summed E-state index contributed by atoms with van der Waals surface area (Å²) in [4.78, 5) is 13.2. The van der Waals surface area contributed by atoms with Crippen molar-refractivity contribution in [2.45, 2.75) is 6.42 Å². The van der Waals surface area contributed by atoms with E-state index in [-0.39, 0.29) is 6.03 Å². The van der Waals surface area contributed by atoms with Crippen LogP contribution in [0.5, 0.6) is 0 Å². The zero-order valence-corrected chi connectivity index (χ0v) is 8.52. The largest absolute Gasteiger partial charge is 0.343 e. The van der Waals surface area contributed by atoms with E-state index < -0.39 is 0 Å². The molecule has 0 aromatic heterocycles. The summed E-state index contributed by atoms with van der Waals surface area (Å²) in [5.41, 5.74) is 2.08. The van der Waals surface area contributed by atoms with Gasteiger partial charge in [-0.05, 0) is 18.1 Å². The van der Waals surface area contributed by atoms with Crippen molar-refractivity contribution >= 4 is 11.7 Å². The molecule has 0 atom stereocenters. The second-order valence-electron chi connectivity index (χ2n) is 3.44. The number of hydrogen-bond donors (Lipinski definition) is 0. The second-order valence-corrected chi connectivity index (χ2v) is 3.44. The van der Waals surface area contributed by atoms with Crippen molar-refractivity contribution in [2.75, 3.05) is 18.0 Å². The molecule has 0 unspecified atom stereocenters. The van der Waals surface area contributed by atoms with E-state index in [2.05, 4.69) is 11.9 Å². The first-order valence-electron chi connectivity index (χ1n) is 5.00. The molecule has 0 aliphatic carbocycles. The Morgan fingerprint density at radius 1 is 1.47 bits per heavy atom. The van der Waals surface area contributed by atoms with E-state index in [1.807, 2.05) is 30.3 Å². The number of allylic oxidation sites excluding steroid dienone is 1. The molecule has 3 nitrogen and oxygen atoms in total. The maximum atomic E-state index is 11.5. The van der Waals surface area contributed by atoms with Gasteiger partial charge in [0, 0.05) is 12.2 Å². The third kappa shape index (κ3) is 1.86. The molecule has 1 aromatic carbocycles. The molecule has 1 heterocycles. The van der Waals surface area contributed by atoms with Crippen molar-refractivity contribution < 1.29 is 4.79 Å². The molecule has 0 bridgehead atoms. The maximum Gasteiger partial charge on any atom is 0.343 e. The molecular weight excluding hydrogens is 188 g/mol. The predicted molar refractivity (Wildman–Crippen MR) is 60.1 cm³/mol. The minimum Gasteiger partial charge on any atom is -0.291 e. The fraction of sp³-hybridized carbons (Fsp3) is 0.250. The van der Waals surface area contributed by atoms with Crippen LogP contribution < -0.4 is 10.2 Å². The van der Waals surface area contributed by atoms with Gasteiger partial charge in [0.25, 0.3) is 0 Å². The molecule has 1 saturated heterocycles. The fourth-order valence-corrected chi connectivity index (χ4v) is 1.75. The highest BCUT2D eigenvalue weighted by Gasteiger charge is 2.24. The van der Waals surface area contributed by atoms with Gasteiger partial charge in [0.05, 0.1) is 6.54 Å². The molecule has 1 aliphatic heterocycles. The summed E-state index contributed by atoms with van der Waals surface area (Å²) in [5.74, 6) is 0. The normalized spacial score (nSPS) is 15.2. The van der Waals surface area contributed by atoms with Crippen molar-refractivity contribution in [1.82, 2.24) is 5.32 Å². The number of benzene rings is 1. The van der Waals surface area contributed by atoms with E-state index in [1.54, 1.807) is 4.90 Å². The molecule has 1 aromatic rings. The van der Waals surface area contributed by atoms with Gasteiger partial charge in [0.2, 0.25) is 0 Å². The zero-order chi connectivity index (χ0) is 10.7. The Morgan fingerprint density at radius 3 is 2.93 bits per heavy atom. The first-order chi connectivity index (χ1) is 7.33. The van der Waals surface area contributed by atoms with Crippen molar-refractivity contribution in [3.8, 4) is 0 Å². The summed E-state index contributed by atoms with van der Waals surface area (Å²) in [7, 11) is 0. The molecule has 2 amide bonds. The minimum atomic E-state index is -0.133.